The van der Waals surface area contributed by atoms with Gasteiger partial charge in [-0.2, -0.15) is 0 Å². The van der Waals surface area contributed by atoms with Crippen molar-refractivity contribution in [1.29, 1.82) is 0 Å². The van der Waals surface area contributed by atoms with Crippen LogP contribution in [-0.4, -0.2) is 25.0 Å². The number of benzene rings is 1. The van der Waals surface area contributed by atoms with E-state index in [1.54, 1.807) is 0 Å². The maximum absolute atomic E-state index is 13.7. The maximum Gasteiger partial charge on any atom is 0.308 e. The van der Waals surface area contributed by atoms with Crippen LogP contribution in [0.1, 0.15) is 36.0 Å². The van der Waals surface area contributed by atoms with E-state index in [0.717, 1.165) is 25.3 Å². The fraction of sp³-hybridized carbons (Fsp3) is 0.467. The topological polar surface area (TPSA) is 55.4 Å². The predicted molar refractivity (Wildman–Crippen MR) is 76.6 cm³/mol. The molecule has 0 bridgehead atoms. The molecule has 0 unspecified atom stereocenters. The molecule has 1 saturated carbocycles. The van der Waals surface area contributed by atoms with Gasteiger partial charge < -0.3 is 10.1 Å². The zero-order valence-corrected chi connectivity index (χ0v) is 12.5. The van der Waals surface area contributed by atoms with Gasteiger partial charge in [0, 0.05) is 11.1 Å². The van der Waals surface area contributed by atoms with Gasteiger partial charge in [0.05, 0.1) is 18.6 Å². The van der Waals surface area contributed by atoms with Gasteiger partial charge in [-0.3, -0.25) is 9.59 Å². The molecule has 1 fully saturated rings. The molecule has 21 heavy (non-hydrogen) atoms. The molecule has 0 aromatic heterocycles. The van der Waals surface area contributed by atoms with Crippen molar-refractivity contribution in [1.82, 2.24) is 5.32 Å². The van der Waals surface area contributed by atoms with Gasteiger partial charge in [0.2, 0.25) is 0 Å². The summed E-state index contributed by atoms with van der Waals surface area (Å²) >= 11 is 5.66. The smallest absolute Gasteiger partial charge is 0.308 e. The average molecular weight is 314 g/mol. The number of methoxy groups -OCH3 is 1. The monoisotopic (exact) mass is 313 g/mol. The Balaban J connectivity index is 2.00. The molecule has 1 aromatic rings. The normalized spacial score (nSPS) is 21.7. The number of carbonyl (C=O) groups excluding carboxylic acids is 2. The summed E-state index contributed by atoms with van der Waals surface area (Å²) in [5, 5.41) is 3.02. The van der Waals surface area contributed by atoms with Gasteiger partial charge in [-0.25, -0.2) is 4.39 Å². The molecule has 0 radical (unpaired) electrons. The minimum atomic E-state index is -0.652. The molecule has 1 aromatic carbocycles. The van der Waals surface area contributed by atoms with E-state index in [0.29, 0.717) is 6.42 Å². The summed E-state index contributed by atoms with van der Waals surface area (Å²) in [4.78, 5) is 23.6. The number of amides is 1. The van der Waals surface area contributed by atoms with E-state index in [2.05, 4.69) is 5.32 Å². The third-order valence-electron chi connectivity index (χ3n) is 3.72. The first-order chi connectivity index (χ1) is 10.0. The number of rotatable bonds is 3. The predicted octanol–water partition coefficient (Wildman–Crippen LogP) is 2.94. The number of ether oxygens (including phenoxy) is 1. The highest BCUT2D eigenvalue weighted by molar-refractivity contribution is 6.30. The first-order valence-corrected chi connectivity index (χ1v) is 7.22. The van der Waals surface area contributed by atoms with Crippen LogP contribution in [0.4, 0.5) is 4.39 Å². The molecule has 0 saturated heterocycles. The Labute approximate surface area is 127 Å². The fourth-order valence-corrected chi connectivity index (χ4v) is 2.80. The summed E-state index contributed by atoms with van der Waals surface area (Å²) in [7, 11) is 1.35. The SMILES string of the molecule is COC(=O)[C@@H]1CCC[C@H](NC(=O)c2ccc(Cl)cc2F)C1. The van der Waals surface area contributed by atoms with Crippen LogP contribution in [-0.2, 0) is 9.53 Å². The van der Waals surface area contributed by atoms with Crippen LogP contribution in [0.3, 0.4) is 0 Å². The largest absolute Gasteiger partial charge is 0.469 e. The number of halogens is 2. The highest BCUT2D eigenvalue weighted by Crippen LogP contribution is 2.25. The van der Waals surface area contributed by atoms with Crippen LogP contribution < -0.4 is 5.32 Å². The summed E-state index contributed by atoms with van der Waals surface area (Å²) in [5.41, 5.74) is -0.0420. The Hall–Kier alpha value is -1.62. The van der Waals surface area contributed by atoms with Crippen LogP contribution in [0.5, 0.6) is 0 Å². The zero-order valence-electron chi connectivity index (χ0n) is 11.7. The molecule has 0 heterocycles. The lowest BCUT2D eigenvalue weighted by Gasteiger charge is -2.28. The Bertz CT molecular complexity index is 550. The molecule has 1 aliphatic rings. The Kier molecular flexibility index (Phi) is 5.17. The van der Waals surface area contributed by atoms with Crippen molar-refractivity contribution in [2.75, 3.05) is 7.11 Å². The second kappa shape index (κ2) is 6.89. The molecule has 1 N–H and O–H groups in total. The van der Waals surface area contributed by atoms with Crippen molar-refractivity contribution >= 4 is 23.5 Å². The van der Waals surface area contributed by atoms with Gasteiger partial charge in [-0.1, -0.05) is 18.0 Å². The molecule has 2 atom stereocenters. The molecule has 4 nitrogen and oxygen atoms in total. The highest BCUT2D eigenvalue weighted by Gasteiger charge is 2.29. The lowest BCUT2D eigenvalue weighted by atomic mass is 9.85. The van der Waals surface area contributed by atoms with Crippen LogP contribution in [0, 0.1) is 11.7 Å². The van der Waals surface area contributed by atoms with E-state index >= 15 is 0 Å². The number of esters is 1. The second-order valence-electron chi connectivity index (χ2n) is 5.18. The molecule has 1 aliphatic carbocycles. The van der Waals surface area contributed by atoms with Crippen molar-refractivity contribution < 1.29 is 18.7 Å². The molecule has 0 aliphatic heterocycles. The molecule has 1 amide bonds. The highest BCUT2D eigenvalue weighted by atomic mass is 35.5. The third kappa shape index (κ3) is 3.94. The van der Waals surface area contributed by atoms with E-state index in [4.69, 9.17) is 16.3 Å². The standard InChI is InChI=1S/C15H17ClFNO3/c1-21-15(20)9-3-2-4-11(7-9)18-14(19)12-6-5-10(16)8-13(12)17/h5-6,8-9,11H,2-4,7H2,1H3,(H,18,19)/t9-,11+/m1/s1. The van der Waals surface area contributed by atoms with E-state index < -0.39 is 11.7 Å². The lowest BCUT2D eigenvalue weighted by molar-refractivity contribution is -0.146. The van der Waals surface area contributed by atoms with Gasteiger partial charge in [-0.15, -0.1) is 0 Å². The first kappa shape index (κ1) is 15.8. The van der Waals surface area contributed by atoms with Crippen molar-refractivity contribution in [2.24, 2.45) is 5.92 Å². The summed E-state index contributed by atoms with van der Waals surface area (Å²) in [6, 6.07) is 3.78. The molecule has 2 rings (SSSR count). The van der Waals surface area contributed by atoms with Crippen molar-refractivity contribution in [3.05, 3.63) is 34.6 Å². The van der Waals surface area contributed by atoms with Crippen LogP contribution in [0.25, 0.3) is 0 Å². The van der Waals surface area contributed by atoms with Gasteiger partial charge in [0.1, 0.15) is 5.82 Å². The summed E-state index contributed by atoms with van der Waals surface area (Å²) < 4.78 is 18.4. The maximum atomic E-state index is 13.7. The van der Waals surface area contributed by atoms with Gasteiger partial charge in [0.15, 0.2) is 0 Å². The Morgan fingerprint density at radius 1 is 1.38 bits per heavy atom. The van der Waals surface area contributed by atoms with E-state index in [-0.39, 0.29) is 28.5 Å². The minimum absolute atomic E-state index is 0.0420. The Morgan fingerprint density at radius 3 is 2.81 bits per heavy atom. The second-order valence-corrected chi connectivity index (χ2v) is 5.62. The van der Waals surface area contributed by atoms with Crippen molar-refractivity contribution in [2.45, 2.75) is 31.7 Å². The van der Waals surface area contributed by atoms with E-state index in [1.165, 1.54) is 19.2 Å². The fourth-order valence-electron chi connectivity index (χ4n) is 2.64. The molecule has 0 spiro atoms. The number of hydrogen-bond acceptors (Lipinski definition) is 3. The number of hydrogen-bond donors (Lipinski definition) is 1. The van der Waals surface area contributed by atoms with E-state index in [9.17, 15) is 14.0 Å². The quantitative estimate of drug-likeness (QED) is 0.873. The lowest BCUT2D eigenvalue weighted by Crippen LogP contribution is -2.40. The van der Waals surface area contributed by atoms with Crippen LogP contribution in [0.2, 0.25) is 5.02 Å². The van der Waals surface area contributed by atoms with E-state index in [1.807, 2.05) is 0 Å². The van der Waals surface area contributed by atoms with Gasteiger partial charge in [0.25, 0.3) is 5.91 Å². The van der Waals surface area contributed by atoms with Crippen LogP contribution in [0.15, 0.2) is 18.2 Å². The molecule has 114 valence electrons. The molecular weight excluding hydrogens is 297 g/mol. The van der Waals surface area contributed by atoms with Crippen molar-refractivity contribution in [3.63, 3.8) is 0 Å². The third-order valence-corrected chi connectivity index (χ3v) is 3.95. The average Bonchev–Trinajstić information content (AvgIpc) is 2.46. The first-order valence-electron chi connectivity index (χ1n) is 6.85. The van der Waals surface area contributed by atoms with Crippen molar-refractivity contribution in [3.8, 4) is 0 Å². The van der Waals surface area contributed by atoms with Gasteiger partial charge in [-0.05, 0) is 37.5 Å². The Morgan fingerprint density at radius 2 is 2.14 bits per heavy atom. The zero-order chi connectivity index (χ0) is 15.4. The molecule has 6 heteroatoms. The number of nitrogens with one attached hydrogen (secondary N) is 1. The number of carbonyl (C=O) groups is 2. The summed E-state index contributed by atoms with van der Waals surface area (Å²) in [6.45, 7) is 0. The minimum Gasteiger partial charge on any atom is -0.469 e. The van der Waals surface area contributed by atoms with Crippen LogP contribution >= 0.6 is 11.6 Å². The van der Waals surface area contributed by atoms with Gasteiger partial charge >= 0.3 is 5.97 Å². The molecular formula is C15H17ClFNO3. The summed E-state index contributed by atoms with van der Waals surface area (Å²) in [5.74, 6) is -1.60. The summed E-state index contributed by atoms with van der Waals surface area (Å²) in [6.07, 6.45) is 2.88.